The monoisotopic (exact) mass is 548 g/mol. The van der Waals surface area contributed by atoms with E-state index in [1.54, 1.807) is 11.0 Å². The molecule has 0 radical (unpaired) electrons. The number of carbonyl (C=O) groups excluding carboxylic acids is 6. The van der Waals surface area contributed by atoms with Gasteiger partial charge in [0.15, 0.2) is 0 Å². The van der Waals surface area contributed by atoms with E-state index < -0.39 is 42.7 Å². The lowest BCUT2D eigenvalue weighted by Gasteiger charge is -2.26. The Balaban J connectivity index is 1.52. The number of hydroxylamine groups is 2. The number of amides is 5. The van der Waals surface area contributed by atoms with Crippen LogP contribution in [0.15, 0.2) is 55.1 Å². The van der Waals surface area contributed by atoms with Crippen molar-refractivity contribution in [1.29, 1.82) is 0 Å². The Morgan fingerprint density at radius 1 is 0.900 bits per heavy atom. The maximum Gasteiger partial charge on any atom is 0.352 e. The highest BCUT2D eigenvalue weighted by Crippen LogP contribution is 2.25. The molecule has 0 aromatic heterocycles. The fourth-order valence-electron chi connectivity index (χ4n) is 4.08. The maximum absolute atomic E-state index is 13.4. The summed E-state index contributed by atoms with van der Waals surface area (Å²) in [7, 11) is 0. The fourth-order valence-corrected chi connectivity index (χ4v) is 4.08. The molecule has 1 aliphatic rings. The van der Waals surface area contributed by atoms with E-state index in [4.69, 9.17) is 0 Å². The van der Waals surface area contributed by atoms with Crippen LogP contribution in [-0.2, 0) is 46.6 Å². The zero-order valence-electron chi connectivity index (χ0n) is 22.3. The van der Waals surface area contributed by atoms with Gasteiger partial charge < -0.3 is 20.4 Å². The summed E-state index contributed by atoms with van der Waals surface area (Å²) in [6.07, 6.45) is 2.12. The van der Waals surface area contributed by atoms with Gasteiger partial charge in [0.05, 0.1) is 13.1 Å². The Bertz CT molecular complexity index is 1290. The second kappa shape index (κ2) is 14.4. The van der Waals surface area contributed by atoms with Gasteiger partial charge in [0.2, 0.25) is 17.7 Å². The van der Waals surface area contributed by atoms with Gasteiger partial charge >= 0.3 is 5.97 Å². The van der Waals surface area contributed by atoms with Crippen LogP contribution < -0.4 is 15.5 Å². The first-order valence-corrected chi connectivity index (χ1v) is 12.9. The molecule has 0 unspecified atom stereocenters. The van der Waals surface area contributed by atoms with Crippen molar-refractivity contribution in [2.45, 2.75) is 45.6 Å². The lowest BCUT2D eigenvalue weighted by atomic mass is 10.0. The molecule has 3 rings (SSSR count). The number of hydrogen-bond donors (Lipinski definition) is 2. The first kappa shape index (κ1) is 29.8. The number of nitrogens with zero attached hydrogens (tertiary/aromatic N) is 2. The molecule has 2 aromatic carbocycles. The van der Waals surface area contributed by atoms with Crippen LogP contribution in [0.5, 0.6) is 0 Å². The predicted molar refractivity (Wildman–Crippen MR) is 146 cm³/mol. The van der Waals surface area contributed by atoms with E-state index in [-0.39, 0.29) is 31.6 Å². The van der Waals surface area contributed by atoms with Crippen molar-refractivity contribution in [2.24, 2.45) is 0 Å². The molecule has 40 heavy (non-hydrogen) atoms. The quantitative estimate of drug-likeness (QED) is 0.365. The highest BCUT2D eigenvalue weighted by molar-refractivity contribution is 6.02. The zero-order valence-corrected chi connectivity index (χ0v) is 22.3. The van der Waals surface area contributed by atoms with Crippen LogP contribution in [-0.4, -0.2) is 53.7 Å². The number of para-hydroxylation sites is 1. The van der Waals surface area contributed by atoms with Gasteiger partial charge in [-0.1, -0.05) is 62.0 Å². The van der Waals surface area contributed by atoms with Crippen LogP contribution in [0.3, 0.4) is 0 Å². The van der Waals surface area contributed by atoms with E-state index in [1.165, 1.54) is 0 Å². The van der Waals surface area contributed by atoms with Gasteiger partial charge in [-0.05, 0) is 29.2 Å². The van der Waals surface area contributed by atoms with E-state index >= 15 is 0 Å². The molecule has 1 aliphatic heterocycles. The van der Waals surface area contributed by atoms with Gasteiger partial charge in [-0.3, -0.25) is 24.0 Å². The molecule has 11 nitrogen and oxygen atoms in total. The van der Waals surface area contributed by atoms with Crippen LogP contribution >= 0.6 is 0 Å². The maximum atomic E-state index is 13.4. The third-order valence-corrected chi connectivity index (χ3v) is 6.21. The predicted octanol–water partition coefficient (Wildman–Crippen LogP) is 2.05. The fraction of sp³-hybridized carbons (Fsp3) is 0.310. The topological polar surface area (TPSA) is 142 Å². The number of hydrogen-bond acceptors (Lipinski definition) is 7. The van der Waals surface area contributed by atoms with Gasteiger partial charge in [-0.15, -0.1) is 5.06 Å². The van der Waals surface area contributed by atoms with Gasteiger partial charge in [0.1, 0.15) is 6.54 Å². The molecule has 2 N–H and O–H groups in total. The summed E-state index contributed by atoms with van der Waals surface area (Å²) in [5.41, 5.74) is 3.57. The lowest BCUT2D eigenvalue weighted by Crippen LogP contribution is -2.41. The van der Waals surface area contributed by atoms with E-state index in [2.05, 4.69) is 22.1 Å². The molecule has 0 bridgehead atoms. The minimum atomic E-state index is -1.00. The molecule has 0 aliphatic carbocycles. The zero-order chi connectivity index (χ0) is 29.1. The first-order valence-electron chi connectivity index (χ1n) is 12.9. The minimum Gasteiger partial charge on any atom is -0.347 e. The smallest absolute Gasteiger partial charge is 0.347 e. The molecule has 210 valence electrons. The molecule has 1 fully saturated rings. The van der Waals surface area contributed by atoms with Gasteiger partial charge in [0.25, 0.3) is 11.8 Å². The molecule has 2 aromatic rings. The molecule has 0 atom stereocenters. The average Bonchev–Trinajstić information content (AvgIpc) is 3.28. The van der Waals surface area contributed by atoms with E-state index in [9.17, 15) is 28.8 Å². The molecular weight excluding hydrogens is 516 g/mol. The average molecular weight is 549 g/mol. The summed E-state index contributed by atoms with van der Waals surface area (Å²) >= 11 is 0. The second-order valence-electron chi connectivity index (χ2n) is 8.96. The lowest BCUT2D eigenvalue weighted by molar-refractivity contribution is -0.196. The summed E-state index contributed by atoms with van der Waals surface area (Å²) in [5.74, 6) is -3.72. The SMILES string of the molecule is C=Cc1ccccc1CN(C(=O)CCC(=O)NCC(=O)NCC(=O)ON1C(=O)CCC1=O)c1ccccc1CC. The highest BCUT2D eigenvalue weighted by Gasteiger charge is 2.32. The molecule has 5 amide bonds. The second-order valence-corrected chi connectivity index (χ2v) is 8.96. The Hall–Kier alpha value is -4.80. The normalized spacial score (nSPS) is 12.6. The Kier molecular flexibility index (Phi) is 10.7. The number of rotatable bonds is 13. The number of benzene rings is 2. The molecule has 0 saturated carbocycles. The third kappa shape index (κ3) is 8.10. The Labute approximate surface area is 232 Å². The van der Waals surface area contributed by atoms with Crippen molar-refractivity contribution in [3.05, 3.63) is 71.8 Å². The van der Waals surface area contributed by atoms with Crippen molar-refractivity contribution in [2.75, 3.05) is 18.0 Å². The van der Waals surface area contributed by atoms with Crippen molar-refractivity contribution in [1.82, 2.24) is 15.7 Å². The highest BCUT2D eigenvalue weighted by atomic mass is 16.7. The van der Waals surface area contributed by atoms with Crippen molar-refractivity contribution in [3.8, 4) is 0 Å². The summed E-state index contributed by atoms with van der Waals surface area (Å²) in [4.78, 5) is 78.8. The van der Waals surface area contributed by atoms with E-state index in [1.807, 2.05) is 55.5 Å². The van der Waals surface area contributed by atoms with Crippen LogP contribution in [0.25, 0.3) is 6.08 Å². The van der Waals surface area contributed by atoms with Gasteiger partial charge in [0, 0.05) is 31.4 Å². The molecule has 1 saturated heterocycles. The van der Waals surface area contributed by atoms with Crippen LogP contribution in [0, 0.1) is 0 Å². The summed E-state index contributed by atoms with van der Waals surface area (Å²) in [6.45, 7) is 5.12. The summed E-state index contributed by atoms with van der Waals surface area (Å²) in [5, 5.41) is 5.03. The Morgan fingerprint density at radius 2 is 1.52 bits per heavy atom. The molecule has 1 heterocycles. The molecule has 11 heteroatoms. The number of nitrogens with one attached hydrogen (secondary N) is 2. The summed E-state index contributed by atoms with van der Waals surface area (Å²) < 4.78 is 0. The molecular formula is C29H32N4O7. The van der Waals surface area contributed by atoms with Crippen molar-refractivity contribution < 1.29 is 33.6 Å². The number of anilines is 1. The van der Waals surface area contributed by atoms with Gasteiger partial charge in [-0.25, -0.2) is 4.79 Å². The number of carbonyl (C=O) groups is 6. The van der Waals surface area contributed by atoms with Crippen LogP contribution in [0.2, 0.25) is 0 Å². The van der Waals surface area contributed by atoms with Crippen LogP contribution in [0.1, 0.15) is 49.3 Å². The minimum absolute atomic E-state index is 0.0437. The standard InChI is InChI=1S/C29H32N4O7/c1-3-20-9-5-6-11-22(20)19-32(23-12-8-7-10-21(23)4-2)26(36)14-13-24(34)30-17-25(35)31-18-29(39)40-33-27(37)15-16-28(33)38/h3,5-12H,1,4,13-19H2,2H3,(H,30,34)(H,31,35). The van der Waals surface area contributed by atoms with E-state index in [0.29, 0.717) is 11.6 Å². The third-order valence-electron chi connectivity index (χ3n) is 6.21. The summed E-state index contributed by atoms with van der Waals surface area (Å²) in [6, 6.07) is 15.2. The largest absolute Gasteiger partial charge is 0.352 e. The van der Waals surface area contributed by atoms with Crippen molar-refractivity contribution >= 4 is 47.3 Å². The first-order chi connectivity index (χ1) is 19.2. The van der Waals surface area contributed by atoms with Crippen molar-refractivity contribution in [3.63, 3.8) is 0 Å². The molecule has 0 spiro atoms. The Morgan fingerprint density at radius 3 is 2.20 bits per heavy atom. The van der Waals surface area contributed by atoms with Gasteiger partial charge in [-0.2, -0.15) is 0 Å². The number of aryl methyl sites for hydroxylation is 1. The van der Waals surface area contributed by atoms with Crippen LogP contribution in [0.4, 0.5) is 5.69 Å². The number of imide groups is 1. The van der Waals surface area contributed by atoms with E-state index in [0.717, 1.165) is 28.8 Å².